The summed E-state index contributed by atoms with van der Waals surface area (Å²) in [6.07, 6.45) is 27.2. The predicted octanol–water partition coefficient (Wildman–Crippen LogP) is 8.23. The molecular formula is C30H44N2O. The standard InChI is InChI=1S/C30H44N2O/c33-30-23-29(32-28-20-16-12-8-4-2-6-10-14-18-26(28)30)25-21-22-31-27-19-15-11-7-3-1-5-9-13-17-24(25)27/h21-22H,1-20,23H2. The van der Waals surface area contributed by atoms with Gasteiger partial charge in [0.15, 0.2) is 5.78 Å². The average Bonchev–Trinajstić information content (AvgIpc) is 2.80. The SMILES string of the molecule is O=C1CC(c2ccnc3c2CCCCCCCCCC3)=NC2=C1CCCCCCCCCC2. The number of ketones is 1. The van der Waals surface area contributed by atoms with Gasteiger partial charge in [-0.2, -0.15) is 0 Å². The minimum absolute atomic E-state index is 0.339. The molecule has 0 unspecified atom stereocenters. The molecule has 33 heavy (non-hydrogen) atoms. The highest BCUT2D eigenvalue weighted by Gasteiger charge is 2.25. The van der Waals surface area contributed by atoms with Crippen molar-refractivity contribution in [2.24, 2.45) is 4.99 Å². The third-order valence-corrected chi connectivity index (χ3v) is 7.92. The summed E-state index contributed by atoms with van der Waals surface area (Å²) in [6, 6.07) is 2.15. The molecule has 3 heteroatoms. The number of nitrogens with zero attached hydrogens (tertiary/aromatic N) is 2. The van der Waals surface area contributed by atoms with Gasteiger partial charge in [0, 0.05) is 28.7 Å². The fraction of sp³-hybridized carbons (Fsp3) is 0.700. The zero-order valence-corrected chi connectivity index (χ0v) is 20.8. The van der Waals surface area contributed by atoms with Crippen LogP contribution in [0.1, 0.15) is 139 Å². The Morgan fingerprint density at radius 1 is 0.606 bits per heavy atom. The Balaban J connectivity index is 1.62. The van der Waals surface area contributed by atoms with Gasteiger partial charge in [0.1, 0.15) is 0 Å². The van der Waals surface area contributed by atoms with Gasteiger partial charge in [-0.05, 0) is 63.0 Å². The first kappa shape index (κ1) is 24.4. The number of aliphatic imine (C=N–C) groups is 1. The van der Waals surface area contributed by atoms with Crippen molar-refractivity contribution in [3.63, 3.8) is 0 Å². The minimum Gasteiger partial charge on any atom is -0.294 e. The van der Waals surface area contributed by atoms with E-state index in [9.17, 15) is 4.79 Å². The van der Waals surface area contributed by atoms with Crippen LogP contribution in [0, 0.1) is 0 Å². The number of Topliss-reactive ketones (excluding diaryl/α,β-unsaturated/α-hetero) is 1. The molecule has 3 aliphatic rings. The van der Waals surface area contributed by atoms with E-state index in [-0.39, 0.29) is 0 Å². The minimum atomic E-state index is 0.339. The van der Waals surface area contributed by atoms with Crippen molar-refractivity contribution in [1.29, 1.82) is 0 Å². The maximum atomic E-state index is 13.4. The van der Waals surface area contributed by atoms with Gasteiger partial charge in [-0.25, -0.2) is 0 Å². The summed E-state index contributed by atoms with van der Waals surface area (Å²) in [6.45, 7) is 0. The molecule has 1 aromatic rings. The van der Waals surface area contributed by atoms with Crippen LogP contribution in [0.15, 0.2) is 28.5 Å². The summed E-state index contributed by atoms with van der Waals surface area (Å²) >= 11 is 0. The van der Waals surface area contributed by atoms with Crippen molar-refractivity contribution < 1.29 is 4.79 Å². The third kappa shape index (κ3) is 7.11. The molecule has 0 aromatic carbocycles. The monoisotopic (exact) mass is 448 g/mol. The summed E-state index contributed by atoms with van der Waals surface area (Å²) in [4.78, 5) is 23.4. The predicted molar refractivity (Wildman–Crippen MR) is 138 cm³/mol. The molecule has 0 bridgehead atoms. The van der Waals surface area contributed by atoms with E-state index in [0.717, 1.165) is 55.5 Å². The van der Waals surface area contributed by atoms with E-state index in [4.69, 9.17) is 9.98 Å². The maximum absolute atomic E-state index is 13.4. The molecule has 0 atom stereocenters. The molecule has 2 aliphatic carbocycles. The molecule has 0 radical (unpaired) electrons. The fourth-order valence-electron chi connectivity index (χ4n) is 5.95. The summed E-state index contributed by atoms with van der Waals surface area (Å²) in [7, 11) is 0. The number of aryl methyl sites for hydroxylation is 1. The van der Waals surface area contributed by atoms with Crippen LogP contribution in [0.3, 0.4) is 0 Å². The van der Waals surface area contributed by atoms with E-state index in [2.05, 4.69) is 6.07 Å². The Hall–Kier alpha value is -1.77. The second-order valence-corrected chi connectivity index (χ2v) is 10.5. The number of hydrogen-bond donors (Lipinski definition) is 0. The molecule has 0 saturated heterocycles. The second kappa shape index (κ2) is 13.2. The molecule has 1 aliphatic heterocycles. The van der Waals surface area contributed by atoms with E-state index in [1.54, 1.807) is 0 Å². The quantitative estimate of drug-likeness (QED) is 0.434. The van der Waals surface area contributed by atoms with Gasteiger partial charge < -0.3 is 0 Å². The first-order chi connectivity index (χ1) is 16.3. The maximum Gasteiger partial charge on any atom is 0.166 e. The van der Waals surface area contributed by atoms with Crippen LogP contribution in [0.5, 0.6) is 0 Å². The molecule has 0 spiro atoms. The van der Waals surface area contributed by atoms with E-state index < -0.39 is 0 Å². The number of rotatable bonds is 1. The van der Waals surface area contributed by atoms with E-state index in [0.29, 0.717) is 12.2 Å². The zero-order chi connectivity index (χ0) is 22.7. The smallest absolute Gasteiger partial charge is 0.166 e. The number of hydrogen-bond acceptors (Lipinski definition) is 3. The summed E-state index contributed by atoms with van der Waals surface area (Å²) < 4.78 is 0. The highest BCUT2D eigenvalue weighted by molar-refractivity contribution is 6.18. The Morgan fingerprint density at radius 2 is 1.15 bits per heavy atom. The van der Waals surface area contributed by atoms with Gasteiger partial charge in [0.05, 0.1) is 12.1 Å². The van der Waals surface area contributed by atoms with Gasteiger partial charge in [0.2, 0.25) is 0 Å². The lowest BCUT2D eigenvalue weighted by Crippen LogP contribution is -2.20. The molecular weight excluding hydrogens is 404 g/mol. The van der Waals surface area contributed by atoms with Crippen molar-refractivity contribution in [1.82, 2.24) is 4.98 Å². The average molecular weight is 449 g/mol. The number of carbonyl (C=O) groups is 1. The van der Waals surface area contributed by atoms with Crippen LogP contribution in [0.25, 0.3) is 0 Å². The van der Waals surface area contributed by atoms with Crippen LogP contribution in [0.4, 0.5) is 0 Å². The second-order valence-electron chi connectivity index (χ2n) is 10.5. The largest absolute Gasteiger partial charge is 0.294 e. The van der Waals surface area contributed by atoms with Gasteiger partial charge in [-0.3, -0.25) is 14.8 Å². The normalized spacial score (nSPS) is 22.5. The molecule has 0 fully saturated rings. The Labute approximate surface area is 201 Å². The van der Waals surface area contributed by atoms with Crippen LogP contribution >= 0.6 is 0 Å². The Morgan fingerprint density at radius 3 is 1.82 bits per heavy atom. The molecule has 4 rings (SSSR count). The van der Waals surface area contributed by atoms with Crippen molar-refractivity contribution in [3.8, 4) is 0 Å². The van der Waals surface area contributed by atoms with Gasteiger partial charge >= 0.3 is 0 Å². The molecule has 0 amide bonds. The van der Waals surface area contributed by atoms with Crippen molar-refractivity contribution in [2.75, 3.05) is 0 Å². The van der Waals surface area contributed by atoms with Crippen LogP contribution < -0.4 is 0 Å². The van der Waals surface area contributed by atoms with E-state index >= 15 is 0 Å². The molecule has 0 saturated carbocycles. The lowest BCUT2D eigenvalue weighted by atomic mass is 9.87. The highest BCUT2D eigenvalue weighted by atomic mass is 16.1. The zero-order valence-electron chi connectivity index (χ0n) is 20.8. The molecule has 0 N–H and O–H groups in total. The molecule has 1 aromatic heterocycles. The topological polar surface area (TPSA) is 42.3 Å². The summed E-state index contributed by atoms with van der Waals surface area (Å²) in [5, 5.41) is 0. The number of pyridine rings is 1. The van der Waals surface area contributed by atoms with Crippen molar-refractivity contribution in [3.05, 3.63) is 40.4 Å². The Kier molecular flexibility index (Phi) is 9.75. The first-order valence-corrected chi connectivity index (χ1v) is 14.1. The number of carbonyl (C=O) groups excluding carboxylic acids is 1. The fourth-order valence-corrected chi connectivity index (χ4v) is 5.95. The van der Waals surface area contributed by atoms with Crippen molar-refractivity contribution in [2.45, 2.75) is 135 Å². The van der Waals surface area contributed by atoms with E-state index in [1.807, 2.05) is 6.20 Å². The molecule has 2 heterocycles. The number of aromatic nitrogens is 1. The van der Waals surface area contributed by atoms with Crippen LogP contribution in [-0.2, 0) is 17.6 Å². The Bertz CT molecular complexity index is 851. The van der Waals surface area contributed by atoms with Crippen molar-refractivity contribution >= 4 is 11.5 Å². The van der Waals surface area contributed by atoms with Gasteiger partial charge in [-0.15, -0.1) is 0 Å². The molecule has 3 nitrogen and oxygen atoms in total. The summed E-state index contributed by atoms with van der Waals surface area (Å²) in [5.74, 6) is 0.339. The van der Waals surface area contributed by atoms with Crippen LogP contribution in [-0.4, -0.2) is 16.5 Å². The number of fused-ring (bicyclic) bond motifs is 1. The first-order valence-electron chi connectivity index (χ1n) is 14.1. The summed E-state index contributed by atoms with van der Waals surface area (Å²) in [5.41, 5.74) is 7.07. The van der Waals surface area contributed by atoms with Gasteiger partial charge in [-0.1, -0.05) is 77.0 Å². The number of allylic oxidation sites excluding steroid dienone is 2. The van der Waals surface area contributed by atoms with E-state index in [1.165, 1.54) is 107 Å². The van der Waals surface area contributed by atoms with Crippen LogP contribution in [0.2, 0.25) is 0 Å². The lowest BCUT2D eigenvalue weighted by molar-refractivity contribution is -0.114. The van der Waals surface area contributed by atoms with Gasteiger partial charge in [0.25, 0.3) is 0 Å². The lowest BCUT2D eigenvalue weighted by Gasteiger charge is -2.22. The molecule has 180 valence electrons. The third-order valence-electron chi connectivity index (χ3n) is 7.92. The highest BCUT2D eigenvalue weighted by Crippen LogP contribution is 2.31.